The topological polar surface area (TPSA) is 49.4 Å². The number of fused-ring (bicyclic) bond motifs is 1. The molecule has 1 N–H and O–H groups in total. The molecule has 0 amide bonds. The smallest absolute Gasteiger partial charge is 0.311 e. The molecule has 1 heterocycles. The zero-order valence-electron chi connectivity index (χ0n) is 12.5. The molecule has 24 heavy (non-hydrogen) atoms. The van der Waals surface area contributed by atoms with Crippen LogP contribution in [0, 0.1) is 0 Å². The third kappa shape index (κ3) is 3.11. The van der Waals surface area contributed by atoms with Crippen LogP contribution in [0.15, 0.2) is 53.4 Å². The monoisotopic (exact) mass is 356 g/mol. The van der Waals surface area contributed by atoms with Gasteiger partial charge in [0.25, 0.3) is 10.0 Å². The lowest BCUT2D eigenvalue weighted by Crippen LogP contribution is -2.34. The first kappa shape index (κ1) is 16.8. The van der Waals surface area contributed by atoms with Gasteiger partial charge in [0.15, 0.2) is 0 Å². The lowest BCUT2D eigenvalue weighted by Gasteiger charge is -2.24. The van der Waals surface area contributed by atoms with E-state index in [0.717, 1.165) is 22.0 Å². The van der Waals surface area contributed by atoms with Crippen molar-refractivity contribution in [1.82, 2.24) is 5.32 Å². The molecule has 0 aromatic heterocycles. The second-order valence-electron chi connectivity index (χ2n) is 5.41. The minimum absolute atomic E-state index is 0.148. The largest absolute Gasteiger partial charge is 0.416 e. The summed E-state index contributed by atoms with van der Waals surface area (Å²) < 4.78 is 65.6. The molecule has 8 heteroatoms. The van der Waals surface area contributed by atoms with E-state index in [1.165, 1.54) is 6.07 Å². The van der Waals surface area contributed by atoms with Gasteiger partial charge in [-0.1, -0.05) is 24.3 Å². The molecule has 0 bridgehead atoms. The average molecular weight is 356 g/mol. The predicted molar refractivity (Wildman–Crippen MR) is 84.1 cm³/mol. The maximum atomic E-state index is 12.9. The minimum Gasteiger partial charge on any atom is -0.311 e. The Kier molecular flexibility index (Phi) is 4.27. The highest BCUT2D eigenvalue weighted by atomic mass is 32.2. The first-order chi connectivity index (χ1) is 11.3. The Hall–Kier alpha value is -2.06. The van der Waals surface area contributed by atoms with Gasteiger partial charge in [0.1, 0.15) is 0 Å². The number of halogens is 3. The van der Waals surface area contributed by atoms with Gasteiger partial charge in [0.05, 0.1) is 16.1 Å². The van der Waals surface area contributed by atoms with Crippen molar-refractivity contribution in [3.05, 3.63) is 59.7 Å². The number of hydrogen-bond acceptors (Lipinski definition) is 3. The highest BCUT2D eigenvalue weighted by molar-refractivity contribution is 7.92. The normalized spacial score (nSPS) is 15.7. The lowest BCUT2D eigenvalue weighted by molar-refractivity contribution is -0.137. The Morgan fingerprint density at radius 1 is 1.04 bits per heavy atom. The Morgan fingerprint density at radius 3 is 2.54 bits per heavy atom. The number of sulfonamides is 1. The van der Waals surface area contributed by atoms with E-state index >= 15 is 0 Å². The average Bonchev–Trinajstić information content (AvgIpc) is 2.77. The van der Waals surface area contributed by atoms with E-state index in [0.29, 0.717) is 24.8 Å². The van der Waals surface area contributed by atoms with Crippen LogP contribution in [0.5, 0.6) is 0 Å². The molecule has 0 aliphatic carbocycles. The molecule has 0 saturated heterocycles. The molecule has 1 aliphatic heterocycles. The molecule has 0 radical (unpaired) electrons. The number of alkyl halides is 3. The molecule has 1 aliphatic rings. The van der Waals surface area contributed by atoms with Gasteiger partial charge in [-0.2, -0.15) is 13.2 Å². The molecule has 3 rings (SSSR count). The summed E-state index contributed by atoms with van der Waals surface area (Å²) in [6.45, 7) is 1.06. The number of nitrogens with one attached hydrogen (secondary N) is 1. The van der Waals surface area contributed by atoms with Crippen LogP contribution in [-0.4, -0.2) is 21.5 Å². The van der Waals surface area contributed by atoms with Gasteiger partial charge in [-0.3, -0.25) is 4.31 Å². The van der Waals surface area contributed by atoms with Crippen LogP contribution in [0.2, 0.25) is 0 Å². The van der Waals surface area contributed by atoms with Crippen molar-refractivity contribution in [2.75, 3.05) is 17.4 Å². The van der Waals surface area contributed by atoms with E-state index in [1.54, 1.807) is 24.3 Å². The molecule has 2 aromatic carbocycles. The molecular formula is C16H15F3N2O2S. The quantitative estimate of drug-likeness (QED) is 0.900. The molecule has 0 unspecified atom stereocenters. The van der Waals surface area contributed by atoms with Gasteiger partial charge >= 0.3 is 6.18 Å². The number of anilines is 1. The minimum atomic E-state index is -4.59. The number of rotatable bonds is 2. The SMILES string of the molecule is O=S(=O)(c1cccc(C(F)(F)F)c1)N1CCNCc2ccccc21. The van der Waals surface area contributed by atoms with Crippen LogP contribution in [0.1, 0.15) is 11.1 Å². The summed E-state index contributed by atoms with van der Waals surface area (Å²) in [7, 11) is -4.09. The van der Waals surface area contributed by atoms with E-state index in [9.17, 15) is 21.6 Å². The molecule has 4 nitrogen and oxygen atoms in total. The summed E-state index contributed by atoms with van der Waals surface area (Å²) in [4.78, 5) is -0.367. The van der Waals surface area contributed by atoms with E-state index < -0.39 is 21.8 Å². The fraction of sp³-hybridized carbons (Fsp3) is 0.250. The van der Waals surface area contributed by atoms with E-state index in [2.05, 4.69) is 5.32 Å². The van der Waals surface area contributed by atoms with Gasteiger partial charge < -0.3 is 5.32 Å². The third-order valence-corrected chi connectivity index (χ3v) is 5.63. The van der Waals surface area contributed by atoms with Crippen LogP contribution in [0.25, 0.3) is 0 Å². The summed E-state index contributed by atoms with van der Waals surface area (Å²) in [6, 6.07) is 10.8. The molecule has 0 saturated carbocycles. The first-order valence-corrected chi connectivity index (χ1v) is 8.73. The molecule has 0 fully saturated rings. The highest BCUT2D eigenvalue weighted by Crippen LogP contribution is 2.33. The molecular weight excluding hydrogens is 341 g/mol. The first-order valence-electron chi connectivity index (χ1n) is 7.29. The maximum Gasteiger partial charge on any atom is 0.416 e. The van der Waals surface area contributed by atoms with E-state index in [4.69, 9.17) is 0 Å². The van der Waals surface area contributed by atoms with Gasteiger partial charge in [-0.15, -0.1) is 0 Å². The summed E-state index contributed by atoms with van der Waals surface area (Å²) in [6.07, 6.45) is -4.59. The Bertz CT molecular complexity index is 850. The number of hydrogen-bond donors (Lipinski definition) is 1. The summed E-state index contributed by atoms with van der Waals surface area (Å²) in [5, 5.41) is 3.11. The fourth-order valence-corrected chi connectivity index (χ4v) is 4.19. The van der Waals surface area contributed by atoms with Crippen LogP contribution >= 0.6 is 0 Å². The van der Waals surface area contributed by atoms with Crippen LogP contribution < -0.4 is 9.62 Å². The number of benzene rings is 2. The van der Waals surface area contributed by atoms with Crippen molar-refractivity contribution in [3.63, 3.8) is 0 Å². The predicted octanol–water partition coefficient (Wildman–Crippen LogP) is 3.00. The summed E-state index contributed by atoms with van der Waals surface area (Å²) >= 11 is 0. The van der Waals surface area contributed by atoms with Crippen LogP contribution in [0.3, 0.4) is 0 Å². The lowest BCUT2D eigenvalue weighted by atomic mass is 10.2. The van der Waals surface area contributed by atoms with Gasteiger partial charge in [-0.25, -0.2) is 8.42 Å². The molecule has 0 spiro atoms. The molecule has 0 atom stereocenters. The Balaban J connectivity index is 2.09. The maximum absolute atomic E-state index is 12.9. The Labute approximate surface area is 138 Å². The zero-order chi connectivity index (χ0) is 17.4. The van der Waals surface area contributed by atoms with Crippen molar-refractivity contribution in [1.29, 1.82) is 0 Å². The number of para-hydroxylation sites is 1. The molecule has 2 aromatic rings. The van der Waals surface area contributed by atoms with Crippen LogP contribution in [-0.2, 0) is 22.7 Å². The Morgan fingerprint density at radius 2 is 1.79 bits per heavy atom. The van der Waals surface area contributed by atoms with Gasteiger partial charge in [0, 0.05) is 19.6 Å². The van der Waals surface area contributed by atoms with Crippen molar-refractivity contribution in [2.24, 2.45) is 0 Å². The fourth-order valence-electron chi connectivity index (χ4n) is 2.64. The van der Waals surface area contributed by atoms with Crippen LogP contribution in [0.4, 0.5) is 18.9 Å². The molecule has 128 valence electrons. The number of nitrogens with zero attached hydrogens (tertiary/aromatic N) is 1. The van der Waals surface area contributed by atoms with Crippen molar-refractivity contribution >= 4 is 15.7 Å². The summed E-state index contributed by atoms with van der Waals surface area (Å²) in [5.41, 5.74) is 0.287. The third-order valence-electron chi connectivity index (χ3n) is 3.82. The highest BCUT2D eigenvalue weighted by Gasteiger charge is 2.33. The van der Waals surface area contributed by atoms with Gasteiger partial charge in [-0.05, 0) is 29.8 Å². The standard InChI is InChI=1S/C16H15F3N2O2S/c17-16(18,19)13-5-3-6-14(10-13)24(22,23)21-9-8-20-11-12-4-1-2-7-15(12)21/h1-7,10,20H,8-9,11H2. The van der Waals surface area contributed by atoms with E-state index in [-0.39, 0.29) is 11.4 Å². The zero-order valence-corrected chi connectivity index (χ0v) is 13.4. The van der Waals surface area contributed by atoms with Crippen molar-refractivity contribution in [2.45, 2.75) is 17.6 Å². The second-order valence-corrected chi connectivity index (χ2v) is 7.27. The van der Waals surface area contributed by atoms with E-state index in [1.807, 2.05) is 0 Å². The van der Waals surface area contributed by atoms with Crippen molar-refractivity contribution < 1.29 is 21.6 Å². The van der Waals surface area contributed by atoms with Gasteiger partial charge in [0.2, 0.25) is 0 Å². The van der Waals surface area contributed by atoms with Crippen molar-refractivity contribution in [3.8, 4) is 0 Å². The second kappa shape index (κ2) is 6.10. The summed E-state index contributed by atoms with van der Waals surface area (Å²) in [5.74, 6) is 0.